The number of hydrogen-bond donors (Lipinski definition) is 3. The van der Waals surface area contributed by atoms with Crippen LogP contribution in [-0.4, -0.2) is 33.5 Å². The molecule has 4 nitrogen and oxygen atoms in total. The normalized spacial score (nSPS) is 17.6. The van der Waals surface area contributed by atoms with E-state index in [1.807, 2.05) is 0 Å². The Balaban J connectivity index is 4.41. The van der Waals surface area contributed by atoms with Crippen LogP contribution in [-0.2, 0) is 4.79 Å². The second-order valence-electron chi connectivity index (χ2n) is 2.65. The number of carboxylic acids is 1. The van der Waals surface area contributed by atoms with Crippen LogP contribution in [0.25, 0.3) is 0 Å². The first-order valence-corrected chi connectivity index (χ1v) is 3.15. The van der Waals surface area contributed by atoms with Gasteiger partial charge in [0, 0.05) is 5.57 Å². The summed E-state index contributed by atoms with van der Waals surface area (Å²) in [5.74, 6) is -1.10. The summed E-state index contributed by atoms with van der Waals surface area (Å²) in [5.41, 5.74) is -1.42. The van der Waals surface area contributed by atoms with Crippen molar-refractivity contribution in [2.24, 2.45) is 0 Å². The monoisotopic (exact) mass is 160 g/mol. The zero-order valence-corrected chi connectivity index (χ0v) is 6.53. The SMILES string of the molecule is C/C(=C\C(C)(O)CO)C(=O)O. The lowest BCUT2D eigenvalue weighted by atomic mass is 10.1. The van der Waals surface area contributed by atoms with E-state index in [1.54, 1.807) is 0 Å². The number of aliphatic hydroxyl groups excluding tert-OH is 1. The van der Waals surface area contributed by atoms with Gasteiger partial charge in [-0.05, 0) is 19.9 Å². The molecule has 64 valence electrons. The van der Waals surface area contributed by atoms with Crippen LogP contribution in [0.2, 0.25) is 0 Å². The average molecular weight is 160 g/mol. The Kier molecular flexibility index (Phi) is 3.22. The first-order valence-electron chi connectivity index (χ1n) is 3.15. The smallest absolute Gasteiger partial charge is 0.331 e. The lowest BCUT2D eigenvalue weighted by molar-refractivity contribution is -0.132. The first-order chi connectivity index (χ1) is 4.89. The number of carbonyl (C=O) groups is 1. The maximum atomic E-state index is 10.2. The van der Waals surface area contributed by atoms with Gasteiger partial charge in [-0.2, -0.15) is 0 Å². The molecule has 11 heavy (non-hydrogen) atoms. The second kappa shape index (κ2) is 3.50. The lowest BCUT2D eigenvalue weighted by Crippen LogP contribution is -2.27. The van der Waals surface area contributed by atoms with Gasteiger partial charge in [0.2, 0.25) is 0 Å². The largest absolute Gasteiger partial charge is 0.478 e. The van der Waals surface area contributed by atoms with Crippen LogP contribution in [0.15, 0.2) is 11.6 Å². The molecule has 0 saturated heterocycles. The van der Waals surface area contributed by atoms with E-state index in [2.05, 4.69) is 0 Å². The first kappa shape index (κ1) is 10.1. The minimum atomic E-state index is -1.44. The number of hydrogen-bond acceptors (Lipinski definition) is 3. The molecule has 0 aliphatic carbocycles. The highest BCUT2D eigenvalue weighted by molar-refractivity contribution is 5.85. The summed E-state index contributed by atoms with van der Waals surface area (Å²) < 4.78 is 0. The number of carboxylic acid groups (broad SMARTS) is 1. The number of aliphatic hydroxyl groups is 2. The molecule has 0 saturated carbocycles. The summed E-state index contributed by atoms with van der Waals surface area (Å²) in [6.07, 6.45) is 1.11. The highest BCUT2D eigenvalue weighted by atomic mass is 16.4. The van der Waals surface area contributed by atoms with E-state index < -0.39 is 18.2 Å². The fraction of sp³-hybridized carbons (Fsp3) is 0.571. The second-order valence-corrected chi connectivity index (χ2v) is 2.65. The average Bonchev–Trinajstić information content (AvgIpc) is 1.87. The van der Waals surface area contributed by atoms with Crippen LogP contribution in [0, 0.1) is 0 Å². The minimum Gasteiger partial charge on any atom is -0.478 e. The van der Waals surface area contributed by atoms with Gasteiger partial charge in [-0.25, -0.2) is 4.79 Å². The van der Waals surface area contributed by atoms with E-state index >= 15 is 0 Å². The molecular formula is C7H12O4. The van der Waals surface area contributed by atoms with E-state index in [-0.39, 0.29) is 5.57 Å². The Morgan fingerprint density at radius 2 is 2.09 bits per heavy atom. The molecule has 0 rings (SSSR count). The van der Waals surface area contributed by atoms with Crippen LogP contribution in [0.4, 0.5) is 0 Å². The van der Waals surface area contributed by atoms with Crippen LogP contribution in [0.1, 0.15) is 13.8 Å². The molecule has 0 aliphatic rings. The summed E-state index contributed by atoms with van der Waals surface area (Å²) >= 11 is 0. The van der Waals surface area contributed by atoms with Crippen LogP contribution < -0.4 is 0 Å². The molecule has 3 N–H and O–H groups in total. The standard InChI is InChI=1S/C7H12O4/c1-5(6(9)10)3-7(2,11)4-8/h3,8,11H,4H2,1-2H3,(H,9,10)/b5-3+. The minimum absolute atomic E-state index is 0.0176. The Labute approximate surface area is 64.8 Å². The fourth-order valence-electron chi connectivity index (χ4n) is 0.574. The highest BCUT2D eigenvalue weighted by Gasteiger charge is 2.17. The molecule has 0 aromatic rings. The van der Waals surface area contributed by atoms with Crippen molar-refractivity contribution in [2.75, 3.05) is 6.61 Å². The molecule has 0 spiro atoms. The van der Waals surface area contributed by atoms with Gasteiger partial charge < -0.3 is 15.3 Å². The Morgan fingerprint density at radius 1 is 1.64 bits per heavy atom. The van der Waals surface area contributed by atoms with Gasteiger partial charge in [-0.1, -0.05) is 0 Å². The molecule has 1 unspecified atom stereocenters. The number of rotatable bonds is 3. The van der Waals surface area contributed by atoms with Crippen LogP contribution in [0.3, 0.4) is 0 Å². The molecule has 0 aliphatic heterocycles. The predicted octanol–water partition coefficient (Wildman–Crippen LogP) is -0.239. The maximum Gasteiger partial charge on any atom is 0.331 e. The summed E-state index contributed by atoms with van der Waals surface area (Å²) in [5, 5.41) is 26.1. The molecule has 0 fully saturated rings. The molecule has 4 heteroatoms. The van der Waals surface area contributed by atoms with E-state index in [4.69, 9.17) is 15.3 Å². The fourth-order valence-corrected chi connectivity index (χ4v) is 0.574. The Bertz CT molecular complexity index is 181. The summed E-state index contributed by atoms with van der Waals surface area (Å²) in [6.45, 7) is 2.20. The van der Waals surface area contributed by atoms with Gasteiger partial charge >= 0.3 is 5.97 Å². The van der Waals surface area contributed by atoms with Gasteiger partial charge in [-0.15, -0.1) is 0 Å². The third-order valence-electron chi connectivity index (χ3n) is 1.18. The maximum absolute atomic E-state index is 10.2. The molecule has 1 atom stereocenters. The highest BCUT2D eigenvalue weighted by Crippen LogP contribution is 2.07. The molecule has 0 radical (unpaired) electrons. The third-order valence-corrected chi connectivity index (χ3v) is 1.18. The van der Waals surface area contributed by atoms with E-state index in [0.717, 1.165) is 6.08 Å². The van der Waals surface area contributed by atoms with Gasteiger partial charge in [0.15, 0.2) is 0 Å². The van der Waals surface area contributed by atoms with Crippen molar-refractivity contribution < 1.29 is 20.1 Å². The van der Waals surface area contributed by atoms with E-state index in [0.29, 0.717) is 0 Å². The topological polar surface area (TPSA) is 77.8 Å². The Morgan fingerprint density at radius 3 is 2.36 bits per heavy atom. The summed E-state index contributed by atoms with van der Waals surface area (Å²) in [7, 11) is 0. The van der Waals surface area contributed by atoms with Gasteiger partial charge in [0.05, 0.1) is 6.61 Å². The third kappa shape index (κ3) is 3.75. The van der Waals surface area contributed by atoms with E-state index in [9.17, 15) is 4.79 Å². The summed E-state index contributed by atoms with van der Waals surface area (Å²) in [6, 6.07) is 0. The van der Waals surface area contributed by atoms with Crippen molar-refractivity contribution in [3.8, 4) is 0 Å². The van der Waals surface area contributed by atoms with Crippen LogP contribution in [0.5, 0.6) is 0 Å². The molecule has 0 heterocycles. The quantitative estimate of drug-likeness (QED) is 0.498. The van der Waals surface area contributed by atoms with Crippen molar-refractivity contribution >= 4 is 5.97 Å². The van der Waals surface area contributed by atoms with Gasteiger partial charge in [-0.3, -0.25) is 0 Å². The zero-order valence-electron chi connectivity index (χ0n) is 6.53. The summed E-state index contributed by atoms with van der Waals surface area (Å²) in [4.78, 5) is 10.2. The van der Waals surface area contributed by atoms with Crippen LogP contribution >= 0.6 is 0 Å². The zero-order chi connectivity index (χ0) is 9.07. The van der Waals surface area contributed by atoms with Crippen molar-refractivity contribution in [1.82, 2.24) is 0 Å². The molecular weight excluding hydrogens is 148 g/mol. The van der Waals surface area contributed by atoms with E-state index in [1.165, 1.54) is 13.8 Å². The number of aliphatic carboxylic acids is 1. The molecule has 0 aromatic carbocycles. The lowest BCUT2D eigenvalue weighted by Gasteiger charge is -2.15. The molecule has 0 bridgehead atoms. The van der Waals surface area contributed by atoms with Crippen molar-refractivity contribution in [2.45, 2.75) is 19.4 Å². The Hall–Kier alpha value is -0.870. The molecule has 0 amide bonds. The van der Waals surface area contributed by atoms with Crippen molar-refractivity contribution in [1.29, 1.82) is 0 Å². The molecule has 0 aromatic heterocycles. The predicted molar refractivity (Wildman–Crippen MR) is 39.1 cm³/mol. The van der Waals surface area contributed by atoms with Gasteiger partial charge in [0.1, 0.15) is 5.60 Å². The van der Waals surface area contributed by atoms with Crippen molar-refractivity contribution in [3.63, 3.8) is 0 Å². The van der Waals surface area contributed by atoms with Gasteiger partial charge in [0.25, 0.3) is 0 Å². The van der Waals surface area contributed by atoms with Crippen molar-refractivity contribution in [3.05, 3.63) is 11.6 Å².